The van der Waals surface area contributed by atoms with Crippen molar-refractivity contribution in [1.82, 2.24) is 14.8 Å². The Hall–Kier alpha value is -1.88. The Morgan fingerprint density at radius 3 is 2.75 bits per heavy atom. The molecule has 2 aliphatic carbocycles. The highest BCUT2D eigenvalue weighted by Crippen LogP contribution is 2.36. The van der Waals surface area contributed by atoms with Crippen molar-refractivity contribution in [2.45, 2.75) is 71.1 Å². The van der Waals surface area contributed by atoms with Gasteiger partial charge in [-0.1, -0.05) is 6.07 Å². The summed E-state index contributed by atoms with van der Waals surface area (Å²) in [5.41, 5.74) is 10.2. The Labute approximate surface area is 143 Å². The molecule has 2 N–H and O–H groups in total. The Kier molecular flexibility index (Phi) is 4.04. The average molecular weight is 326 g/mol. The topological polar surface area (TPSA) is 66.0 Å². The molecule has 0 aliphatic heterocycles. The minimum absolute atomic E-state index is 0.326. The zero-order valence-corrected chi connectivity index (χ0v) is 14.6. The van der Waals surface area contributed by atoms with Gasteiger partial charge in [0.1, 0.15) is 18.2 Å². The van der Waals surface area contributed by atoms with Gasteiger partial charge in [0.25, 0.3) is 0 Å². The van der Waals surface area contributed by atoms with Crippen molar-refractivity contribution in [3.05, 3.63) is 40.5 Å². The number of nitrogens with zero attached hydrogens (tertiary/aromatic N) is 3. The number of ether oxygens (including phenoxy) is 1. The highest BCUT2D eigenvalue weighted by molar-refractivity contribution is 5.47. The second kappa shape index (κ2) is 6.20. The van der Waals surface area contributed by atoms with Gasteiger partial charge in [0, 0.05) is 18.5 Å². The third kappa shape index (κ3) is 2.61. The summed E-state index contributed by atoms with van der Waals surface area (Å²) >= 11 is 0. The normalized spacial score (nSPS) is 22.3. The van der Waals surface area contributed by atoms with Crippen molar-refractivity contribution in [1.29, 1.82) is 0 Å². The first-order chi connectivity index (χ1) is 11.7. The first kappa shape index (κ1) is 15.6. The van der Waals surface area contributed by atoms with E-state index in [4.69, 9.17) is 10.5 Å². The molecule has 0 radical (unpaired) electrons. The van der Waals surface area contributed by atoms with Gasteiger partial charge in [-0.05, 0) is 68.7 Å². The van der Waals surface area contributed by atoms with E-state index < -0.39 is 0 Å². The summed E-state index contributed by atoms with van der Waals surface area (Å²) < 4.78 is 8.35. The van der Waals surface area contributed by atoms with Gasteiger partial charge in [-0.15, -0.1) is 10.2 Å². The molecule has 0 bridgehead atoms. The summed E-state index contributed by atoms with van der Waals surface area (Å²) in [4.78, 5) is 0. The third-order valence-corrected chi connectivity index (χ3v) is 5.54. The van der Waals surface area contributed by atoms with Gasteiger partial charge >= 0.3 is 0 Å². The first-order valence-corrected chi connectivity index (χ1v) is 9.09. The Morgan fingerprint density at radius 1 is 1.21 bits per heavy atom. The average Bonchev–Trinajstić information content (AvgIpc) is 3.18. The number of aromatic nitrogens is 3. The molecule has 1 fully saturated rings. The fourth-order valence-corrected chi connectivity index (χ4v) is 4.11. The number of hydrogen-bond acceptors (Lipinski definition) is 4. The first-order valence-electron chi connectivity index (χ1n) is 9.09. The zero-order valence-electron chi connectivity index (χ0n) is 14.6. The largest absolute Gasteiger partial charge is 0.485 e. The molecular formula is C19H26N4O. The third-order valence-electron chi connectivity index (χ3n) is 5.54. The van der Waals surface area contributed by atoms with E-state index >= 15 is 0 Å². The van der Waals surface area contributed by atoms with E-state index in [1.54, 1.807) is 0 Å². The molecule has 1 aromatic heterocycles. The van der Waals surface area contributed by atoms with Crippen molar-refractivity contribution in [3.8, 4) is 5.75 Å². The number of benzene rings is 1. The fourth-order valence-electron chi connectivity index (χ4n) is 4.11. The minimum Gasteiger partial charge on any atom is -0.485 e. The summed E-state index contributed by atoms with van der Waals surface area (Å²) in [6.07, 6.45) is 5.57. The van der Waals surface area contributed by atoms with Gasteiger partial charge in [0.15, 0.2) is 5.82 Å². The molecule has 1 aromatic carbocycles. The lowest BCUT2D eigenvalue weighted by molar-refractivity contribution is 0.283. The minimum atomic E-state index is 0.326. The molecule has 0 unspecified atom stereocenters. The molecule has 0 atom stereocenters. The summed E-state index contributed by atoms with van der Waals surface area (Å²) in [5.74, 6) is 3.48. The standard InChI is InChI=1S/C19H26N4O/c1-3-23-18(21-22-19(23)13-9-14(20)10-13)11-24-17-8-7-12(2)15-5-4-6-16(15)17/h7-8,13-14H,3-6,9-11,20H2,1-2H3. The smallest absolute Gasteiger partial charge is 0.171 e. The number of nitrogens with two attached hydrogens (primary N) is 1. The number of aryl methyl sites for hydroxylation is 1. The molecule has 2 aliphatic rings. The molecule has 5 heteroatoms. The van der Waals surface area contributed by atoms with Crippen LogP contribution in [-0.2, 0) is 26.0 Å². The van der Waals surface area contributed by atoms with Crippen LogP contribution in [0.2, 0.25) is 0 Å². The summed E-state index contributed by atoms with van der Waals surface area (Å²) in [7, 11) is 0. The van der Waals surface area contributed by atoms with Crippen molar-refractivity contribution in [2.75, 3.05) is 0 Å². The van der Waals surface area contributed by atoms with E-state index in [2.05, 4.69) is 40.7 Å². The second-order valence-electron chi connectivity index (χ2n) is 7.13. The lowest BCUT2D eigenvalue weighted by Crippen LogP contribution is -2.36. The van der Waals surface area contributed by atoms with Crippen LogP contribution in [0.1, 0.15) is 60.4 Å². The van der Waals surface area contributed by atoms with E-state index in [0.717, 1.165) is 43.2 Å². The Morgan fingerprint density at radius 2 is 2.00 bits per heavy atom. The molecule has 128 valence electrons. The SMILES string of the molecule is CCn1c(COc2ccc(C)c3c2CCC3)nnc1C1CC(N)C1. The lowest BCUT2D eigenvalue weighted by atomic mass is 9.80. The number of rotatable bonds is 5. The van der Waals surface area contributed by atoms with Crippen molar-refractivity contribution >= 4 is 0 Å². The summed E-state index contributed by atoms with van der Waals surface area (Å²) in [6.45, 7) is 5.68. The van der Waals surface area contributed by atoms with Gasteiger partial charge in [-0.2, -0.15) is 0 Å². The van der Waals surface area contributed by atoms with Gasteiger partial charge < -0.3 is 15.0 Å². The molecule has 0 spiro atoms. The van der Waals surface area contributed by atoms with Gasteiger partial charge in [-0.3, -0.25) is 0 Å². The molecular weight excluding hydrogens is 300 g/mol. The van der Waals surface area contributed by atoms with Gasteiger partial charge in [0.2, 0.25) is 0 Å². The van der Waals surface area contributed by atoms with E-state index in [1.807, 2.05) is 0 Å². The van der Waals surface area contributed by atoms with Crippen LogP contribution in [0.25, 0.3) is 0 Å². The maximum atomic E-state index is 6.15. The van der Waals surface area contributed by atoms with Crippen LogP contribution in [0, 0.1) is 6.92 Å². The van der Waals surface area contributed by atoms with Crippen LogP contribution < -0.4 is 10.5 Å². The predicted molar refractivity (Wildman–Crippen MR) is 93.2 cm³/mol. The lowest BCUT2D eigenvalue weighted by Gasteiger charge is -2.31. The number of hydrogen-bond donors (Lipinski definition) is 1. The van der Waals surface area contributed by atoms with Crippen LogP contribution in [-0.4, -0.2) is 20.8 Å². The molecule has 0 saturated heterocycles. The monoisotopic (exact) mass is 326 g/mol. The van der Waals surface area contributed by atoms with Gasteiger partial charge in [-0.25, -0.2) is 0 Å². The van der Waals surface area contributed by atoms with E-state index in [-0.39, 0.29) is 0 Å². The van der Waals surface area contributed by atoms with Crippen LogP contribution in [0.5, 0.6) is 5.75 Å². The quantitative estimate of drug-likeness (QED) is 0.917. The van der Waals surface area contributed by atoms with E-state index in [1.165, 1.54) is 29.5 Å². The molecule has 2 aromatic rings. The van der Waals surface area contributed by atoms with Gasteiger partial charge in [0.05, 0.1) is 0 Å². The molecule has 5 nitrogen and oxygen atoms in total. The highest BCUT2D eigenvalue weighted by atomic mass is 16.5. The highest BCUT2D eigenvalue weighted by Gasteiger charge is 2.32. The zero-order chi connectivity index (χ0) is 16.7. The molecule has 1 heterocycles. The van der Waals surface area contributed by atoms with Crippen LogP contribution in [0.4, 0.5) is 0 Å². The number of fused-ring (bicyclic) bond motifs is 1. The maximum Gasteiger partial charge on any atom is 0.171 e. The maximum absolute atomic E-state index is 6.15. The van der Waals surface area contributed by atoms with Crippen LogP contribution >= 0.6 is 0 Å². The molecule has 1 saturated carbocycles. The Bertz CT molecular complexity index is 746. The van der Waals surface area contributed by atoms with Crippen LogP contribution in [0.15, 0.2) is 12.1 Å². The van der Waals surface area contributed by atoms with Crippen molar-refractivity contribution in [2.24, 2.45) is 5.73 Å². The van der Waals surface area contributed by atoms with E-state index in [9.17, 15) is 0 Å². The molecule has 4 rings (SSSR count). The summed E-state index contributed by atoms with van der Waals surface area (Å²) in [6, 6.07) is 4.61. The Balaban J connectivity index is 1.52. The molecule has 24 heavy (non-hydrogen) atoms. The van der Waals surface area contributed by atoms with E-state index in [0.29, 0.717) is 18.6 Å². The predicted octanol–water partition coefficient (Wildman–Crippen LogP) is 2.88. The fraction of sp³-hybridized carbons (Fsp3) is 0.579. The van der Waals surface area contributed by atoms with Crippen LogP contribution in [0.3, 0.4) is 0 Å². The van der Waals surface area contributed by atoms with Crippen molar-refractivity contribution < 1.29 is 4.74 Å². The second-order valence-corrected chi connectivity index (χ2v) is 7.13. The summed E-state index contributed by atoms with van der Waals surface area (Å²) in [5, 5.41) is 8.81. The van der Waals surface area contributed by atoms with Crippen molar-refractivity contribution in [3.63, 3.8) is 0 Å². The molecule has 0 amide bonds.